The number of H-pyrrole nitrogens is 1. The lowest BCUT2D eigenvalue weighted by Crippen LogP contribution is -2.15. The molecule has 0 amide bonds. The first-order valence-corrected chi connectivity index (χ1v) is 9.30. The monoisotopic (exact) mass is 406 g/mol. The summed E-state index contributed by atoms with van der Waals surface area (Å²) < 4.78 is 12.8. The van der Waals surface area contributed by atoms with Gasteiger partial charge in [-0.2, -0.15) is 5.10 Å². The van der Waals surface area contributed by atoms with Crippen LogP contribution in [0.3, 0.4) is 0 Å². The Hall–Kier alpha value is -3.65. The summed E-state index contributed by atoms with van der Waals surface area (Å²) in [7, 11) is 1.36. The largest absolute Gasteiger partial charge is 0.465 e. The van der Waals surface area contributed by atoms with Gasteiger partial charge in [0.15, 0.2) is 5.82 Å². The Morgan fingerprint density at radius 2 is 1.86 bits per heavy atom. The molecule has 0 aliphatic heterocycles. The summed E-state index contributed by atoms with van der Waals surface area (Å²) in [6.07, 6.45) is 0. The quantitative estimate of drug-likeness (QED) is 0.365. The van der Waals surface area contributed by atoms with Gasteiger partial charge in [-0.3, -0.25) is 0 Å². The van der Waals surface area contributed by atoms with E-state index in [4.69, 9.17) is 21.4 Å². The molecule has 2 heterocycles. The minimum absolute atomic E-state index is 0.369. The van der Waals surface area contributed by atoms with Gasteiger partial charge in [-0.25, -0.2) is 14.6 Å². The molecule has 2 N–H and O–H groups in total. The van der Waals surface area contributed by atoms with Gasteiger partial charge < -0.3 is 14.6 Å². The van der Waals surface area contributed by atoms with E-state index in [0.717, 1.165) is 16.9 Å². The van der Waals surface area contributed by atoms with Crippen LogP contribution in [-0.4, -0.2) is 28.0 Å². The molecule has 0 fully saturated rings. The number of carbonyl (C=O) groups excluding carboxylic acids is 1. The van der Waals surface area contributed by atoms with Gasteiger partial charge in [-0.05, 0) is 36.5 Å². The van der Waals surface area contributed by atoms with Crippen LogP contribution in [0.2, 0.25) is 0 Å². The Balaban J connectivity index is 1.49. The van der Waals surface area contributed by atoms with Gasteiger partial charge in [0.25, 0.3) is 0 Å². The van der Waals surface area contributed by atoms with Crippen molar-refractivity contribution in [3.05, 3.63) is 82.8 Å². The fraction of sp³-hybridized carbons (Fsp3) is 0.0952. The van der Waals surface area contributed by atoms with Crippen LogP contribution >= 0.6 is 12.2 Å². The molecule has 0 aliphatic rings. The number of esters is 1. The zero-order valence-corrected chi connectivity index (χ0v) is 16.4. The highest BCUT2D eigenvalue weighted by Crippen LogP contribution is 2.23. The number of nitrogens with zero attached hydrogens (tertiary/aromatic N) is 2. The lowest BCUT2D eigenvalue weighted by Gasteiger charge is -2.08. The van der Waals surface area contributed by atoms with E-state index in [-0.39, 0.29) is 5.97 Å². The molecule has 0 radical (unpaired) electrons. The van der Waals surface area contributed by atoms with Crippen molar-refractivity contribution in [2.45, 2.75) is 6.54 Å². The average molecular weight is 406 g/mol. The number of rotatable bonds is 6. The van der Waals surface area contributed by atoms with Crippen LogP contribution in [0, 0.1) is 4.77 Å². The number of carbonyl (C=O) groups is 1. The van der Waals surface area contributed by atoms with E-state index in [1.165, 1.54) is 7.11 Å². The number of furan rings is 1. The van der Waals surface area contributed by atoms with Crippen molar-refractivity contribution in [2.24, 2.45) is 0 Å². The summed E-state index contributed by atoms with van der Waals surface area (Å²) in [5.74, 6) is 1.77. The highest BCUT2D eigenvalue weighted by atomic mass is 32.1. The topological polar surface area (TPSA) is 85.1 Å². The average Bonchev–Trinajstić information content (AvgIpc) is 3.39. The summed E-state index contributed by atoms with van der Waals surface area (Å²) in [6, 6.07) is 20.6. The van der Waals surface area contributed by atoms with Gasteiger partial charge in [-0.1, -0.05) is 42.5 Å². The smallest absolute Gasteiger partial charge is 0.337 e. The third-order valence-electron chi connectivity index (χ3n) is 4.37. The molecular formula is C21H18N4O3S. The maximum absolute atomic E-state index is 11.5. The molecule has 4 rings (SSSR count). The molecule has 4 aromatic rings. The van der Waals surface area contributed by atoms with E-state index < -0.39 is 0 Å². The molecule has 7 nitrogen and oxygen atoms in total. The summed E-state index contributed by atoms with van der Waals surface area (Å²) in [5.41, 5.74) is 5.54. The SMILES string of the molecule is COC(=O)c1ccc(-c2ccc(CNn3c(-c4ccccc4)n[nH]c3=S)o2)cc1. The van der Waals surface area contributed by atoms with Gasteiger partial charge in [-0.15, -0.1) is 0 Å². The molecule has 29 heavy (non-hydrogen) atoms. The fourth-order valence-electron chi connectivity index (χ4n) is 2.90. The first kappa shape index (κ1) is 18.7. The normalized spacial score (nSPS) is 10.7. The van der Waals surface area contributed by atoms with Crippen molar-refractivity contribution in [2.75, 3.05) is 12.5 Å². The van der Waals surface area contributed by atoms with E-state index in [1.807, 2.05) is 54.6 Å². The fourth-order valence-corrected chi connectivity index (χ4v) is 3.09. The van der Waals surface area contributed by atoms with Crippen molar-refractivity contribution in [3.8, 4) is 22.7 Å². The predicted octanol–water partition coefficient (Wildman–Crippen LogP) is 4.40. The first-order chi connectivity index (χ1) is 14.2. The molecule has 0 spiro atoms. The second kappa shape index (κ2) is 8.15. The number of nitrogens with one attached hydrogen (secondary N) is 2. The van der Waals surface area contributed by atoms with E-state index in [1.54, 1.807) is 16.8 Å². The Labute approximate surface area is 171 Å². The number of hydrogen-bond acceptors (Lipinski definition) is 6. The van der Waals surface area contributed by atoms with Crippen molar-refractivity contribution in [1.29, 1.82) is 0 Å². The molecule has 0 saturated heterocycles. The molecule has 0 atom stereocenters. The zero-order chi connectivity index (χ0) is 20.2. The first-order valence-electron chi connectivity index (χ1n) is 8.90. The Bertz CT molecular complexity index is 1180. The molecule has 2 aromatic heterocycles. The van der Waals surface area contributed by atoms with Gasteiger partial charge in [0, 0.05) is 11.1 Å². The van der Waals surface area contributed by atoms with Crippen LogP contribution in [0.4, 0.5) is 0 Å². The van der Waals surface area contributed by atoms with E-state index in [9.17, 15) is 4.79 Å². The number of ether oxygens (including phenoxy) is 1. The Morgan fingerprint density at radius 1 is 1.10 bits per heavy atom. The van der Waals surface area contributed by atoms with E-state index in [0.29, 0.717) is 28.5 Å². The van der Waals surface area contributed by atoms with Crippen molar-refractivity contribution in [3.63, 3.8) is 0 Å². The number of benzene rings is 2. The predicted molar refractivity (Wildman–Crippen MR) is 111 cm³/mol. The second-order valence-corrected chi connectivity index (χ2v) is 6.61. The molecule has 0 saturated carbocycles. The molecule has 8 heteroatoms. The van der Waals surface area contributed by atoms with Gasteiger partial charge in [0.1, 0.15) is 11.5 Å². The van der Waals surface area contributed by atoms with Crippen molar-refractivity contribution >= 4 is 18.2 Å². The lowest BCUT2D eigenvalue weighted by atomic mass is 10.1. The highest BCUT2D eigenvalue weighted by molar-refractivity contribution is 7.71. The third kappa shape index (κ3) is 3.97. The van der Waals surface area contributed by atoms with Crippen LogP contribution in [0.15, 0.2) is 71.1 Å². The van der Waals surface area contributed by atoms with Crippen molar-refractivity contribution in [1.82, 2.24) is 14.9 Å². The lowest BCUT2D eigenvalue weighted by molar-refractivity contribution is 0.0600. The summed E-state index contributed by atoms with van der Waals surface area (Å²) in [4.78, 5) is 11.5. The van der Waals surface area contributed by atoms with Crippen LogP contribution in [0.5, 0.6) is 0 Å². The number of aromatic amines is 1. The molecule has 146 valence electrons. The summed E-state index contributed by atoms with van der Waals surface area (Å²) in [5, 5.41) is 7.10. The Morgan fingerprint density at radius 3 is 2.59 bits per heavy atom. The van der Waals surface area contributed by atoms with Gasteiger partial charge in [0.2, 0.25) is 4.77 Å². The second-order valence-electron chi connectivity index (χ2n) is 6.22. The minimum Gasteiger partial charge on any atom is -0.465 e. The van der Waals surface area contributed by atoms with Gasteiger partial charge in [0.05, 0.1) is 19.2 Å². The highest BCUT2D eigenvalue weighted by Gasteiger charge is 2.11. The Kier molecular flexibility index (Phi) is 5.26. The molecule has 0 bridgehead atoms. The molecular weight excluding hydrogens is 388 g/mol. The standard InChI is InChI=1S/C21H18N4O3S/c1-27-20(26)16-9-7-14(8-10-16)18-12-11-17(28-18)13-22-25-19(23-24-21(25)29)15-5-3-2-4-6-15/h2-12,22H,13H2,1H3,(H,24,29). The molecule has 0 unspecified atom stereocenters. The van der Waals surface area contributed by atoms with Crippen LogP contribution in [-0.2, 0) is 11.3 Å². The third-order valence-corrected chi connectivity index (χ3v) is 4.64. The minimum atomic E-state index is -0.369. The number of methoxy groups -OCH3 is 1. The van der Waals surface area contributed by atoms with Gasteiger partial charge >= 0.3 is 5.97 Å². The van der Waals surface area contributed by atoms with Crippen LogP contribution < -0.4 is 5.43 Å². The van der Waals surface area contributed by atoms with Crippen LogP contribution in [0.25, 0.3) is 22.7 Å². The van der Waals surface area contributed by atoms with Crippen molar-refractivity contribution < 1.29 is 13.9 Å². The number of hydrogen-bond donors (Lipinski definition) is 2. The molecule has 0 aliphatic carbocycles. The molecule has 2 aromatic carbocycles. The summed E-state index contributed by atoms with van der Waals surface area (Å²) >= 11 is 5.33. The maximum Gasteiger partial charge on any atom is 0.337 e. The maximum atomic E-state index is 11.5. The number of aromatic nitrogens is 3. The van der Waals surface area contributed by atoms with Crippen LogP contribution in [0.1, 0.15) is 16.1 Å². The summed E-state index contributed by atoms with van der Waals surface area (Å²) in [6.45, 7) is 0.425. The van der Waals surface area contributed by atoms with E-state index in [2.05, 4.69) is 15.6 Å². The van der Waals surface area contributed by atoms with E-state index >= 15 is 0 Å². The zero-order valence-electron chi connectivity index (χ0n) is 15.6.